The highest BCUT2D eigenvalue weighted by Crippen LogP contribution is 2.56. The molecule has 2 bridgehead atoms. The van der Waals surface area contributed by atoms with E-state index < -0.39 is 0 Å². The number of carbonyl (C=O) groups excluding carboxylic acids is 1. The summed E-state index contributed by atoms with van der Waals surface area (Å²) in [7, 11) is 1.39. The highest BCUT2D eigenvalue weighted by atomic mass is 16.5. The maximum atomic E-state index is 10.7. The third-order valence-electron chi connectivity index (χ3n) is 3.09. The summed E-state index contributed by atoms with van der Waals surface area (Å²) in [5, 5.41) is 3.45. The Hall–Kier alpha value is -0.830. The Morgan fingerprint density at radius 3 is 2.77 bits per heavy atom. The zero-order valence-corrected chi connectivity index (χ0v) is 7.88. The second kappa shape index (κ2) is 3.14. The van der Waals surface area contributed by atoms with Crippen LogP contribution in [0.1, 0.15) is 19.3 Å². The van der Waals surface area contributed by atoms with Crippen LogP contribution in [0.2, 0.25) is 0 Å². The molecule has 0 saturated heterocycles. The molecule has 0 aromatic heterocycles. The Kier molecular flexibility index (Phi) is 2.12. The molecule has 0 heterocycles. The van der Waals surface area contributed by atoms with E-state index in [0.29, 0.717) is 5.54 Å². The number of carbonyl (C=O) groups is 1. The van der Waals surface area contributed by atoms with Crippen LogP contribution in [0, 0.1) is 5.92 Å². The van der Waals surface area contributed by atoms with Gasteiger partial charge in [0.15, 0.2) is 0 Å². The Labute approximate surface area is 78.1 Å². The number of hydrogen-bond donors (Lipinski definition) is 1. The Morgan fingerprint density at radius 1 is 1.62 bits per heavy atom. The van der Waals surface area contributed by atoms with Gasteiger partial charge >= 0.3 is 5.97 Å². The smallest absolute Gasteiger partial charge is 0.330 e. The highest BCUT2D eigenvalue weighted by Gasteiger charge is 2.55. The van der Waals surface area contributed by atoms with Gasteiger partial charge in [-0.15, -0.1) is 0 Å². The molecule has 0 aliphatic heterocycles. The molecule has 3 aliphatic rings. The molecule has 3 rings (SSSR count). The molecular weight excluding hydrogens is 166 g/mol. The summed E-state index contributed by atoms with van der Waals surface area (Å²) in [4.78, 5) is 10.7. The van der Waals surface area contributed by atoms with Crippen LogP contribution in [0.25, 0.3) is 0 Å². The van der Waals surface area contributed by atoms with E-state index in [4.69, 9.17) is 0 Å². The van der Waals surface area contributed by atoms with E-state index >= 15 is 0 Å². The van der Waals surface area contributed by atoms with Crippen LogP contribution < -0.4 is 5.32 Å². The summed E-state index contributed by atoms with van der Waals surface area (Å²) < 4.78 is 4.48. The molecule has 0 unspecified atom stereocenters. The van der Waals surface area contributed by atoms with Gasteiger partial charge < -0.3 is 10.1 Å². The van der Waals surface area contributed by atoms with Crippen LogP contribution in [-0.2, 0) is 9.53 Å². The summed E-state index contributed by atoms with van der Waals surface area (Å²) in [5.74, 6) is 0.719. The summed E-state index contributed by atoms with van der Waals surface area (Å²) in [5.41, 5.74) is 0.450. The van der Waals surface area contributed by atoms with Crippen molar-refractivity contribution < 1.29 is 9.53 Å². The summed E-state index contributed by atoms with van der Waals surface area (Å²) >= 11 is 0. The quantitative estimate of drug-likeness (QED) is 0.516. The van der Waals surface area contributed by atoms with E-state index in [2.05, 4.69) is 10.1 Å². The third-order valence-corrected chi connectivity index (χ3v) is 3.09. The topological polar surface area (TPSA) is 38.3 Å². The number of esters is 1. The van der Waals surface area contributed by atoms with Gasteiger partial charge in [0.1, 0.15) is 0 Å². The van der Waals surface area contributed by atoms with Crippen LogP contribution in [0.4, 0.5) is 0 Å². The Balaban J connectivity index is 1.63. The fourth-order valence-corrected chi connectivity index (χ4v) is 2.19. The van der Waals surface area contributed by atoms with Gasteiger partial charge in [-0.05, 0) is 25.2 Å². The van der Waals surface area contributed by atoms with E-state index in [-0.39, 0.29) is 5.97 Å². The minimum Gasteiger partial charge on any atom is -0.466 e. The second-order valence-electron chi connectivity index (χ2n) is 4.07. The molecule has 0 spiro atoms. The lowest BCUT2D eigenvalue weighted by Gasteiger charge is -2.62. The molecule has 1 N–H and O–H groups in total. The number of methoxy groups -OCH3 is 1. The van der Waals surface area contributed by atoms with Gasteiger partial charge in [-0.25, -0.2) is 4.79 Å². The Morgan fingerprint density at radius 2 is 2.31 bits per heavy atom. The number of ether oxygens (including phenoxy) is 1. The van der Waals surface area contributed by atoms with Crippen LogP contribution in [0.3, 0.4) is 0 Å². The minimum absolute atomic E-state index is 0.278. The van der Waals surface area contributed by atoms with Crippen LogP contribution >= 0.6 is 0 Å². The van der Waals surface area contributed by atoms with Crippen molar-refractivity contribution in [2.75, 3.05) is 13.7 Å². The largest absolute Gasteiger partial charge is 0.466 e. The van der Waals surface area contributed by atoms with Crippen LogP contribution in [-0.4, -0.2) is 25.2 Å². The first-order chi connectivity index (χ1) is 6.24. The van der Waals surface area contributed by atoms with Gasteiger partial charge in [0.2, 0.25) is 0 Å². The first-order valence-electron chi connectivity index (χ1n) is 4.74. The monoisotopic (exact) mass is 181 g/mol. The van der Waals surface area contributed by atoms with Crippen LogP contribution in [0.5, 0.6) is 0 Å². The molecule has 3 heteroatoms. The van der Waals surface area contributed by atoms with Gasteiger partial charge in [0.05, 0.1) is 7.11 Å². The van der Waals surface area contributed by atoms with Gasteiger partial charge in [-0.2, -0.15) is 0 Å². The lowest BCUT2D eigenvalue weighted by Crippen LogP contribution is -2.66. The summed E-state index contributed by atoms with van der Waals surface area (Å²) in [6, 6.07) is 0. The summed E-state index contributed by atoms with van der Waals surface area (Å²) in [6.45, 7) is 0.780. The predicted molar refractivity (Wildman–Crippen MR) is 49.2 cm³/mol. The maximum Gasteiger partial charge on any atom is 0.330 e. The predicted octanol–water partition coefficient (Wildman–Crippen LogP) is 0.858. The fourth-order valence-electron chi connectivity index (χ4n) is 2.19. The normalized spacial score (nSPS) is 35.3. The third kappa shape index (κ3) is 1.61. The molecule has 3 nitrogen and oxygen atoms in total. The number of rotatable bonds is 4. The van der Waals surface area contributed by atoms with Crippen molar-refractivity contribution in [3.63, 3.8) is 0 Å². The van der Waals surface area contributed by atoms with Crippen molar-refractivity contribution in [1.29, 1.82) is 0 Å². The molecular formula is C10H15NO2. The van der Waals surface area contributed by atoms with E-state index in [9.17, 15) is 4.79 Å². The number of nitrogens with one attached hydrogen (secondary N) is 1. The molecule has 13 heavy (non-hydrogen) atoms. The molecule has 3 aliphatic carbocycles. The lowest BCUT2D eigenvalue weighted by molar-refractivity contribution is -0.134. The standard InChI is InChI=1S/C10H15NO2/c1-13-9(12)3-2-4-11-10-5-8(6-10)7-10/h2-3,8,11H,4-7H2,1H3/b3-2+. The van der Waals surface area contributed by atoms with Crippen molar-refractivity contribution in [2.45, 2.75) is 24.8 Å². The minimum atomic E-state index is -0.278. The molecule has 0 amide bonds. The second-order valence-corrected chi connectivity index (χ2v) is 4.07. The molecule has 3 saturated carbocycles. The van der Waals surface area contributed by atoms with E-state index in [1.54, 1.807) is 0 Å². The van der Waals surface area contributed by atoms with E-state index in [1.165, 1.54) is 32.4 Å². The van der Waals surface area contributed by atoms with Gasteiger partial charge in [-0.1, -0.05) is 6.08 Å². The van der Waals surface area contributed by atoms with Gasteiger partial charge in [0, 0.05) is 18.2 Å². The van der Waals surface area contributed by atoms with Crippen molar-refractivity contribution in [3.05, 3.63) is 12.2 Å². The van der Waals surface area contributed by atoms with Gasteiger partial charge in [0.25, 0.3) is 0 Å². The molecule has 3 fully saturated rings. The zero-order valence-electron chi connectivity index (χ0n) is 7.88. The van der Waals surface area contributed by atoms with Crippen molar-refractivity contribution >= 4 is 5.97 Å². The molecule has 72 valence electrons. The molecule has 0 radical (unpaired) electrons. The molecule has 0 aromatic carbocycles. The molecule has 0 aromatic rings. The Bertz CT molecular complexity index is 230. The maximum absolute atomic E-state index is 10.7. The van der Waals surface area contributed by atoms with E-state index in [1.807, 2.05) is 6.08 Å². The average Bonchev–Trinajstić information content (AvgIpc) is 1.98. The first-order valence-corrected chi connectivity index (χ1v) is 4.74. The number of hydrogen-bond acceptors (Lipinski definition) is 3. The fraction of sp³-hybridized carbons (Fsp3) is 0.700. The SMILES string of the molecule is COC(=O)/C=C/CNC12CC(C1)C2. The lowest BCUT2D eigenvalue weighted by atomic mass is 9.50. The average molecular weight is 181 g/mol. The van der Waals surface area contributed by atoms with Crippen molar-refractivity contribution in [3.8, 4) is 0 Å². The van der Waals surface area contributed by atoms with Gasteiger partial charge in [-0.3, -0.25) is 0 Å². The van der Waals surface area contributed by atoms with Crippen molar-refractivity contribution in [2.24, 2.45) is 5.92 Å². The van der Waals surface area contributed by atoms with Crippen LogP contribution in [0.15, 0.2) is 12.2 Å². The van der Waals surface area contributed by atoms with Crippen molar-refractivity contribution in [1.82, 2.24) is 5.32 Å². The highest BCUT2D eigenvalue weighted by molar-refractivity contribution is 5.81. The zero-order chi connectivity index (χ0) is 9.31. The van der Waals surface area contributed by atoms with E-state index in [0.717, 1.165) is 12.5 Å². The summed E-state index contributed by atoms with van der Waals surface area (Å²) in [6.07, 6.45) is 7.29. The first kappa shape index (κ1) is 8.75. The molecule has 0 atom stereocenters.